The van der Waals surface area contributed by atoms with Gasteiger partial charge < -0.3 is 15.8 Å². The molecule has 0 bridgehead atoms. The number of hydrogen-bond donors (Lipinski definition) is 2. The van der Waals surface area contributed by atoms with E-state index in [2.05, 4.69) is 12.2 Å². The zero-order chi connectivity index (χ0) is 17.8. The number of nitrogens with one attached hydrogen (secondary N) is 1. The molecule has 0 spiro atoms. The van der Waals surface area contributed by atoms with Crippen LogP contribution in [0.5, 0.6) is 5.75 Å². The van der Waals surface area contributed by atoms with Gasteiger partial charge >= 0.3 is 0 Å². The first-order chi connectivity index (χ1) is 12.0. The molecule has 2 atom stereocenters. The minimum Gasteiger partial charge on any atom is -0.484 e. The summed E-state index contributed by atoms with van der Waals surface area (Å²) < 4.78 is 19.4. The Morgan fingerprint density at radius 1 is 1.32 bits per heavy atom. The molecule has 3 N–H and O–H groups in total. The Morgan fingerprint density at radius 3 is 2.92 bits per heavy atom. The molecule has 2 aromatic carbocycles. The molecule has 2 aromatic rings. The van der Waals surface area contributed by atoms with Gasteiger partial charge in [0.1, 0.15) is 11.6 Å². The topological polar surface area (TPSA) is 64.3 Å². The second kappa shape index (κ2) is 7.66. The quantitative estimate of drug-likeness (QED) is 0.848. The molecule has 1 aliphatic rings. The number of hydrogen-bond acceptors (Lipinski definition) is 3. The summed E-state index contributed by atoms with van der Waals surface area (Å²) in [5.41, 5.74) is 8.03. The highest BCUT2D eigenvalue weighted by Gasteiger charge is 2.27. The smallest absolute Gasteiger partial charge is 0.255 e. The van der Waals surface area contributed by atoms with Crippen LogP contribution in [0.15, 0.2) is 42.5 Å². The maximum atomic E-state index is 14.1. The molecule has 3 rings (SSSR count). The number of nitrogens with two attached hydrogens (primary N) is 1. The van der Waals surface area contributed by atoms with Crippen molar-refractivity contribution in [3.05, 3.63) is 65.0 Å². The molecule has 5 heteroatoms. The van der Waals surface area contributed by atoms with Crippen molar-refractivity contribution in [1.82, 2.24) is 5.32 Å². The second-order valence-corrected chi connectivity index (χ2v) is 6.58. The molecule has 25 heavy (non-hydrogen) atoms. The lowest BCUT2D eigenvalue weighted by Crippen LogP contribution is -2.31. The summed E-state index contributed by atoms with van der Waals surface area (Å²) in [5, 5.41) is 3.55. The minimum atomic E-state index is -0.502. The monoisotopic (exact) mass is 342 g/mol. The van der Waals surface area contributed by atoms with E-state index in [0.29, 0.717) is 18.2 Å². The molecule has 0 aromatic heterocycles. The van der Waals surface area contributed by atoms with E-state index in [9.17, 15) is 9.18 Å². The van der Waals surface area contributed by atoms with Crippen LogP contribution < -0.4 is 15.8 Å². The van der Waals surface area contributed by atoms with Gasteiger partial charge in [-0.2, -0.15) is 0 Å². The van der Waals surface area contributed by atoms with E-state index in [-0.39, 0.29) is 18.5 Å². The molecular weight excluding hydrogens is 319 g/mol. The number of rotatable bonds is 6. The normalized spacial score (nSPS) is 19.3. The van der Waals surface area contributed by atoms with E-state index in [1.807, 2.05) is 24.3 Å². The highest BCUT2D eigenvalue weighted by molar-refractivity contribution is 5.75. The summed E-state index contributed by atoms with van der Waals surface area (Å²) in [6, 6.07) is 13.0. The average molecular weight is 342 g/mol. The predicted octanol–water partition coefficient (Wildman–Crippen LogP) is 3.10. The van der Waals surface area contributed by atoms with Gasteiger partial charge in [0.05, 0.1) is 0 Å². The number of benzene rings is 2. The molecule has 132 valence electrons. The van der Waals surface area contributed by atoms with Crippen LogP contribution in [-0.4, -0.2) is 12.5 Å². The van der Waals surface area contributed by atoms with Crippen LogP contribution in [0.25, 0.3) is 0 Å². The fourth-order valence-corrected chi connectivity index (χ4v) is 3.41. The number of carbonyl (C=O) groups is 1. The predicted molar refractivity (Wildman–Crippen MR) is 94.6 cm³/mol. The zero-order valence-corrected chi connectivity index (χ0v) is 14.3. The Morgan fingerprint density at radius 2 is 2.12 bits per heavy atom. The Hall–Kier alpha value is -2.40. The third kappa shape index (κ3) is 4.17. The van der Waals surface area contributed by atoms with Crippen LogP contribution in [0.2, 0.25) is 0 Å². The Bertz CT molecular complexity index is 763. The lowest BCUT2D eigenvalue weighted by Gasteiger charge is -2.32. The number of amides is 1. The van der Waals surface area contributed by atoms with Crippen molar-refractivity contribution in [3.63, 3.8) is 0 Å². The minimum absolute atomic E-state index is 0.113. The fraction of sp³-hybridized carbons (Fsp3) is 0.350. The van der Waals surface area contributed by atoms with E-state index in [1.165, 1.54) is 6.07 Å². The van der Waals surface area contributed by atoms with Crippen LogP contribution in [0.4, 0.5) is 4.39 Å². The fourth-order valence-electron chi connectivity index (χ4n) is 3.41. The highest BCUT2D eigenvalue weighted by Crippen LogP contribution is 2.35. The van der Waals surface area contributed by atoms with Crippen molar-refractivity contribution in [2.24, 2.45) is 11.7 Å². The van der Waals surface area contributed by atoms with Gasteiger partial charge in [-0.25, -0.2) is 4.39 Å². The lowest BCUT2D eigenvalue weighted by atomic mass is 9.80. The second-order valence-electron chi connectivity index (χ2n) is 6.58. The molecule has 0 saturated carbocycles. The van der Waals surface area contributed by atoms with Crippen molar-refractivity contribution in [3.8, 4) is 5.75 Å². The summed E-state index contributed by atoms with van der Waals surface area (Å²) in [7, 11) is 0. The number of primary amides is 1. The van der Waals surface area contributed by atoms with Crippen molar-refractivity contribution in [1.29, 1.82) is 0 Å². The third-order valence-corrected chi connectivity index (χ3v) is 4.71. The van der Waals surface area contributed by atoms with Crippen molar-refractivity contribution in [2.45, 2.75) is 32.4 Å². The summed E-state index contributed by atoms with van der Waals surface area (Å²) in [5.74, 6) is 0.432. The van der Waals surface area contributed by atoms with Crippen LogP contribution in [0.3, 0.4) is 0 Å². The van der Waals surface area contributed by atoms with Gasteiger partial charge in [0.15, 0.2) is 6.61 Å². The van der Waals surface area contributed by atoms with E-state index in [4.69, 9.17) is 10.5 Å². The van der Waals surface area contributed by atoms with E-state index in [0.717, 1.165) is 29.5 Å². The van der Waals surface area contributed by atoms with Gasteiger partial charge in [0.2, 0.25) is 0 Å². The van der Waals surface area contributed by atoms with Crippen molar-refractivity contribution in [2.75, 3.05) is 6.61 Å². The summed E-state index contributed by atoms with van der Waals surface area (Å²) >= 11 is 0. The van der Waals surface area contributed by atoms with E-state index < -0.39 is 5.91 Å². The molecule has 1 amide bonds. The van der Waals surface area contributed by atoms with Crippen LogP contribution in [-0.2, 0) is 17.8 Å². The van der Waals surface area contributed by atoms with Crippen LogP contribution in [0, 0.1) is 11.7 Å². The molecule has 0 unspecified atom stereocenters. The zero-order valence-electron chi connectivity index (χ0n) is 14.3. The molecule has 0 saturated heterocycles. The standard InChI is InChI=1S/C20H23FN2O2/c1-13-8-9-16-17(6-3-7-18(16)21)20(13)23-11-14-4-2-5-15(10-14)25-12-19(22)24/h2-7,10,13,20,23H,8-9,11-12H2,1H3,(H2,22,24)/t13-,20+/m0/s1. The summed E-state index contributed by atoms with van der Waals surface area (Å²) in [6.07, 6.45) is 1.76. The first-order valence-electron chi connectivity index (χ1n) is 8.55. The van der Waals surface area contributed by atoms with Crippen LogP contribution >= 0.6 is 0 Å². The molecule has 0 fully saturated rings. The number of fused-ring (bicyclic) bond motifs is 1. The SMILES string of the molecule is C[C@H]1CCc2c(F)cccc2[C@@H]1NCc1cccc(OCC(N)=O)c1. The molecule has 0 heterocycles. The van der Waals surface area contributed by atoms with Gasteiger partial charge in [-0.05, 0) is 53.6 Å². The molecule has 4 nitrogen and oxygen atoms in total. The Balaban J connectivity index is 1.70. The van der Waals surface area contributed by atoms with Gasteiger partial charge in [-0.15, -0.1) is 0 Å². The molecule has 0 aliphatic heterocycles. The number of halogens is 1. The number of carbonyl (C=O) groups excluding carboxylic acids is 1. The summed E-state index contributed by atoms with van der Waals surface area (Å²) in [4.78, 5) is 10.8. The van der Waals surface area contributed by atoms with Gasteiger partial charge in [-0.3, -0.25) is 4.79 Å². The molecule has 0 radical (unpaired) electrons. The first kappa shape index (κ1) is 17.4. The highest BCUT2D eigenvalue weighted by atomic mass is 19.1. The maximum absolute atomic E-state index is 14.1. The summed E-state index contributed by atoms with van der Waals surface area (Å²) in [6.45, 7) is 2.69. The average Bonchev–Trinajstić information content (AvgIpc) is 2.60. The van der Waals surface area contributed by atoms with Crippen molar-refractivity contribution >= 4 is 5.91 Å². The van der Waals surface area contributed by atoms with E-state index in [1.54, 1.807) is 12.1 Å². The first-order valence-corrected chi connectivity index (χ1v) is 8.55. The van der Waals surface area contributed by atoms with Crippen molar-refractivity contribution < 1.29 is 13.9 Å². The third-order valence-electron chi connectivity index (χ3n) is 4.71. The Labute approximate surface area is 147 Å². The van der Waals surface area contributed by atoms with E-state index >= 15 is 0 Å². The lowest BCUT2D eigenvalue weighted by molar-refractivity contribution is -0.119. The van der Waals surface area contributed by atoms with Crippen LogP contribution in [0.1, 0.15) is 36.1 Å². The van der Waals surface area contributed by atoms with Gasteiger partial charge in [0, 0.05) is 12.6 Å². The maximum Gasteiger partial charge on any atom is 0.255 e. The largest absolute Gasteiger partial charge is 0.484 e. The molecule has 1 aliphatic carbocycles. The van der Waals surface area contributed by atoms with Gasteiger partial charge in [-0.1, -0.05) is 31.2 Å². The number of ether oxygens (including phenoxy) is 1. The van der Waals surface area contributed by atoms with Gasteiger partial charge in [0.25, 0.3) is 5.91 Å². The Kier molecular flexibility index (Phi) is 5.34. The molecular formula is C20H23FN2O2.